The fraction of sp³-hybridized carbons (Fsp3) is 1.00. The molecular formula is C27H48O2. The van der Waals surface area contributed by atoms with E-state index in [1.807, 2.05) is 13.8 Å². The molecule has 9 atom stereocenters. The van der Waals surface area contributed by atoms with E-state index < -0.39 is 5.60 Å². The Morgan fingerprint density at radius 3 is 2.34 bits per heavy atom. The first-order valence-corrected chi connectivity index (χ1v) is 12.9. The average Bonchev–Trinajstić information content (AvgIpc) is 2.98. The molecule has 4 rings (SSSR count). The molecule has 2 nitrogen and oxygen atoms in total. The van der Waals surface area contributed by atoms with Crippen LogP contribution in [-0.4, -0.2) is 21.9 Å². The maximum atomic E-state index is 10.3. The van der Waals surface area contributed by atoms with Crippen molar-refractivity contribution in [1.29, 1.82) is 0 Å². The summed E-state index contributed by atoms with van der Waals surface area (Å²) in [6.07, 6.45) is 15.3. The molecule has 0 aromatic heterocycles. The Hall–Kier alpha value is -0.0800. The summed E-state index contributed by atoms with van der Waals surface area (Å²) in [5.74, 6) is 5.24. The molecule has 4 saturated carbocycles. The normalized spacial score (nSPS) is 48.5. The van der Waals surface area contributed by atoms with Crippen LogP contribution in [0.3, 0.4) is 0 Å². The number of aliphatic hydroxyl groups excluding tert-OH is 1. The van der Waals surface area contributed by atoms with E-state index in [0.29, 0.717) is 10.8 Å². The van der Waals surface area contributed by atoms with Crippen LogP contribution >= 0.6 is 0 Å². The van der Waals surface area contributed by atoms with Crippen LogP contribution in [0.5, 0.6) is 0 Å². The molecule has 29 heavy (non-hydrogen) atoms. The van der Waals surface area contributed by atoms with Gasteiger partial charge in [-0.3, -0.25) is 0 Å². The first kappa shape index (κ1) is 22.1. The molecule has 2 N–H and O–H groups in total. The lowest BCUT2D eigenvalue weighted by Gasteiger charge is -2.61. The molecular weight excluding hydrogens is 356 g/mol. The molecule has 0 spiro atoms. The van der Waals surface area contributed by atoms with E-state index >= 15 is 0 Å². The van der Waals surface area contributed by atoms with Crippen LogP contribution in [0.4, 0.5) is 0 Å². The lowest BCUT2D eigenvalue weighted by atomic mass is 9.44. The summed E-state index contributed by atoms with van der Waals surface area (Å²) >= 11 is 0. The number of aliphatic hydroxyl groups is 2. The summed E-state index contributed by atoms with van der Waals surface area (Å²) in [5, 5.41) is 20.3. The second kappa shape index (κ2) is 7.80. The van der Waals surface area contributed by atoms with Gasteiger partial charge in [-0.05, 0) is 124 Å². The van der Waals surface area contributed by atoms with E-state index in [9.17, 15) is 10.2 Å². The van der Waals surface area contributed by atoms with E-state index in [1.165, 1.54) is 51.4 Å². The maximum Gasteiger partial charge on any atom is 0.0591 e. The molecule has 4 fully saturated rings. The Balaban J connectivity index is 1.44. The lowest BCUT2D eigenvalue weighted by molar-refractivity contribution is -0.129. The second-order valence-electron chi connectivity index (χ2n) is 13.0. The summed E-state index contributed by atoms with van der Waals surface area (Å²) < 4.78 is 0. The van der Waals surface area contributed by atoms with Crippen molar-refractivity contribution in [2.24, 2.45) is 46.3 Å². The van der Waals surface area contributed by atoms with Crippen molar-refractivity contribution in [2.45, 2.75) is 123 Å². The average molecular weight is 405 g/mol. The first-order chi connectivity index (χ1) is 13.5. The molecule has 0 amide bonds. The summed E-state index contributed by atoms with van der Waals surface area (Å²) in [6, 6.07) is 0. The molecule has 0 bridgehead atoms. The highest BCUT2D eigenvalue weighted by Gasteiger charge is 2.60. The fourth-order valence-corrected chi connectivity index (χ4v) is 9.27. The van der Waals surface area contributed by atoms with Gasteiger partial charge in [0.2, 0.25) is 0 Å². The summed E-state index contributed by atoms with van der Waals surface area (Å²) in [7, 11) is 0. The van der Waals surface area contributed by atoms with Crippen molar-refractivity contribution in [2.75, 3.05) is 0 Å². The zero-order chi connectivity index (χ0) is 21.0. The van der Waals surface area contributed by atoms with Crippen LogP contribution in [-0.2, 0) is 0 Å². The Labute approximate surface area is 180 Å². The minimum atomic E-state index is -0.512. The summed E-state index contributed by atoms with van der Waals surface area (Å²) in [5.41, 5.74) is 0.536. The fourth-order valence-electron chi connectivity index (χ4n) is 9.27. The van der Waals surface area contributed by atoms with Crippen molar-refractivity contribution < 1.29 is 10.2 Å². The van der Waals surface area contributed by atoms with Gasteiger partial charge in [0.1, 0.15) is 0 Å². The van der Waals surface area contributed by atoms with Crippen molar-refractivity contribution in [3.8, 4) is 0 Å². The minimum Gasteiger partial charge on any atom is -0.393 e. The lowest BCUT2D eigenvalue weighted by Crippen LogP contribution is -2.54. The first-order valence-electron chi connectivity index (χ1n) is 12.9. The molecule has 0 aromatic rings. The molecule has 168 valence electrons. The number of hydrogen-bond donors (Lipinski definition) is 2. The predicted octanol–water partition coefficient (Wildman–Crippen LogP) is 6.58. The Kier molecular flexibility index (Phi) is 5.95. The van der Waals surface area contributed by atoms with Gasteiger partial charge in [0, 0.05) is 0 Å². The molecule has 0 saturated heterocycles. The Bertz CT molecular complexity index is 580. The third-order valence-electron chi connectivity index (χ3n) is 10.8. The molecule has 0 aromatic carbocycles. The van der Waals surface area contributed by atoms with Crippen molar-refractivity contribution in [1.82, 2.24) is 0 Å². The van der Waals surface area contributed by atoms with Gasteiger partial charge in [-0.25, -0.2) is 0 Å². The number of fused-ring (bicyclic) bond motifs is 5. The number of rotatable bonds is 5. The van der Waals surface area contributed by atoms with E-state index in [0.717, 1.165) is 61.2 Å². The molecule has 0 radical (unpaired) electrons. The van der Waals surface area contributed by atoms with Gasteiger partial charge in [0.05, 0.1) is 11.7 Å². The zero-order valence-corrected chi connectivity index (χ0v) is 19.9. The van der Waals surface area contributed by atoms with Crippen molar-refractivity contribution >= 4 is 0 Å². The highest BCUT2D eigenvalue weighted by Crippen LogP contribution is 2.68. The second-order valence-corrected chi connectivity index (χ2v) is 13.0. The Morgan fingerprint density at radius 2 is 1.62 bits per heavy atom. The highest BCUT2D eigenvalue weighted by atomic mass is 16.3. The van der Waals surface area contributed by atoms with E-state index in [1.54, 1.807) is 0 Å². The van der Waals surface area contributed by atoms with Gasteiger partial charge in [-0.15, -0.1) is 0 Å². The molecule has 2 heteroatoms. The van der Waals surface area contributed by atoms with Crippen LogP contribution in [0.2, 0.25) is 0 Å². The van der Waals surface area contributed by atoms with Crippen LogP contribution in [0.25, 0.3) is 0 Å². The quantitative estimate of drug-likeness (QED) is 0.543. The third kappa shape index (κ3) is 3.95. The SMILES string of the molecule is C[C@H](CCCC(C)(C)O)C1CCC2[C@@H]3CCC4C[C@@H](O)CC[C@]4(C)C3CC[C@@]21C. The molecule has 4 unspecified atom stereocenters. The van der Waals surface area contributed by atoms with Crippen LogP contribution in [0.1, 0.15) is 112 Å². The van der Waals surface area contributed by atoms with Crippen molar-refractivity contribution in [3.05, 3.63) is 0 Å². The largest absolute Gasteiger partial charge is 0.393 e. The van der Waals surface area contributed by atoms with Gasteiger partial charge in [0.25, 0.3) is 0 Å². The zero-order valence-electron chi connectivity index (χ0n) is 19.9. The highest BCUT2D eigenvalue weighted by molar-refractivity contribution is 5.09. The minimum absolute atomic E-state index is 0.0286. The van der Waals surface area contributed by atoms with Gasteiger partial charge >= 0.3 is 0 Å². The van der Waals surface area contributed by atoms with E-state index in [2.05, 4.69) is 20.8 Å². The van der Waals surface area contributed by atoms with Gasteiger partial charge in [-0.2, -0.15) is 0 Å². The summed E-state index contributed by atoms with van der Waals surface area (Å²) in [6.45, 7) is 11.7. The number of hydrogen-bond acceptors (Lipinski definition) is 2. The summed E-state index contributed by atoms with van der Waals surface area (Å²) in [4.78, 5) is 0. The third-order valence-corrected chi connectivity index (χ3v) is 10.8. The van der Waals surface area contributed by atoms with E-state index in [4.69, 9.17) is 0 Å². The standard InChI is InChI=1S/C27H48O2/c1-18(7-6-14-25(2,3)29)22-10-11-23-21-9-8-19-17-20(28)12-15-26(19,4)24(21)13-16-27(22,23)5/h18-24,28-29H,6-17H2,1-5H3/t18-,19?,20+,21+,22?,23?,24?,26+,27-/m1/s1. The van der Waals surface area contributed by atoms with Crippen LogP contribution in [0.15, 0.2) is 0 Å². The molecule has 4 aliphatic rings. The van der Waals surface area contributed by atoms with Gasteiger partial charge in [0.15, 0.2) is 0 Å². The van der Waals surface area contributed by atoms with E-state index in [-0.39, 0.29) is 6.10 Å². The smallest absolute Gasteiger partial charge is 0.0591 e. The topological polar surface area (TPSA) is 40.5 Å². The van der Waals surface area contributed by atoms with Crippen LogP contribution in [0, 0.1) is 46.3 Å². The van der Waals surface area contributed by atoms with Crippen LogP contribution < -0.4 is 0 Å². The van der Waals surface area contributed by atoms with Gasteiger partial charge < -0.3 is 10.2 Å². The predicted molar refractivity (Wildman–Crippen MR) is 121 cm³/mol. The molecule has 0 heterocycles. The maximum absolute atomic E-state index is 10.3. The monoisotopic (exact) mass is 404 g/mol. The molecule has 0 aliphatic heterocycles. The Morgan fingerprint density at radius 1 is 0.931 bits per heavy atom. The molecule has 4 aliphatic carbocycles. The van der Waals surface area contributed by atoms with Gasteiger partial charge in [-0.1, -0.05) is 33.6 Å². The van der Waals surface area contributed by atoms with Crippen molar-refractivity contribution in [3.63, 3.8) is 0 Å².